The Morgan fingerprint density at radius 2 is 1.86 bits per heavy atom. The summed E-state index contributed by atoms with van der Waals surface area (Å²) >= 11 is 5.79. The first kappa shape index (κ1) is 16.0. The normalized spacial score (nSPS) is 13.1. The predicted molar refractivity (Wildman–Crippen MR) is 84.5 cm³/mol. The van der Waals surface area contributed by atoms with Crippen LogP contribution >= 0.6 is 11.6 Å². The van der Waals surface area contributed by atoms with Crippen molar-refractivity contribution in [1.29, 1.82) is 0 Å². The molecule has 2 aromatic carbocycles. The summed E-state index contributed by atoms with van der Waals surface area (Å²) in [5.41, 5.74) is 7.40. The third-order valence-electron chi connectivity index (χ3n) is 3.07. The van der Waals surface area contributed by atoms with E-state index >= 15 is 0 Å². The standard InChI is InChI=1S/C15H17ClN2O2S/c1-11(17)13-3-2-4-15(9-13)21(19,20)18-10-12-5-7-14(16)8-6-12/h2-9,11,18H,10,17H2,1H3. The van der Waals surface area contributed by atoms with Crippen LogP contribution in [0.15, 0.2) is 53.4 Å². The van der Waals surface area contributed by atoms with Crippen molar-refractivity contribution in [3.05, 3.63) is 64.7 Å². The lowest BCUT2D eigenvalue weighted by Gasteiger charge is -2.10. The van der Waals surface area contributed by atoms with Crippen molar-refractivity contribution in [2.45, 2.75) is 24.4 Å². The second-order valence-electron chi connectivity index (χ2n) is 4.81. The summed E-state index contributed by atoms with van der Waals surface area (Å²) in [7, 11) is -3.56. The fraction of sp³-hybridized carbons (Fsp3) is 0.200. The fourth-order valence-corrected chi connectivity index (χ4v) is 3.03. The van der Waals surface area contributed by atoms with Gasteiger partial charge in [-0.25, -0.2) is 13.1 Å². The number of sulfonamides is 1. The zero-order valence-electron chi connectivity index (χ0n) is 11.6. The molecule has 0 bridgehead atoms. The SMILES string of the molecule is CC(N)c1cccc(S(=O)(=O)NCc2ccc(Cl)cc2)c1. The molecule has 0 saturated heterocycles. The van der Waals surface area contributed by atoms with Gasteiger partial charge in [0.2, 0.25) is 10.0 Å². The van der Waals surface area contributed by atoms with Gasteiger partial charge in [0.25, 0.3) is 0 Å². The molecule has 1 atom stereocenters. The molecular formula is C15H17ClN2O2S. The zero-order chi connectivity index (χ0) is 15.5. The van der Waals surface area contributed by atoms with E-state index in [1.807, 2.05) is 13.0 Å². The molecule has 0 amide bonds. The Morgan fingerprint density at radius 1 is 1.19 bits per heavy atom. The highest BCUT2D eigenvalue weighted by molar-refractivity contribution is 7.89. The molecule has 2 aromatic rings. The fourth-order valence-electron chi connectivity index (χ4n) is 1.83. The predicted octanol–water partition coefficient (Wildman–Crippen LogP) is 2.84. The molecule has 0 heterocycles. The van der Waals surface area contributed by atoms with E-state index in [-0.39, 0.29) is 17.5 Å². The van der Waals surface area contributed by atoms with E-state index in [0.29, 0.717) is 5.02 Å². The minimum absolute atomic E-state index is 0.210. The van der Waals surface area contributed by atoms with Gasteiger partial charge < -0.3 is 5.73 Å². The van der Waals surface area contributed by atoms with Crippen LogP contribution in [0.4, 0.5) is 0 Å². The van der Waals surface area contributed by atoms with Gasteiger partial charge in [-0.05, 0) is 42.3 Å². The van der Waals surface area contributed by atoms with Crippen LogP contribution in [0, 0.1) is 0 Å². The molecule has 4 nitrogen and oxygen atoms in total. The molecule has 0 aliphatic carbocycles. The Hall–Kier alpha value is -1.40. The summed E-state index contributed by atoms with van der Waals surface area (Å²) in [5, 5.41) is 0.617. The Morgan fingerprint density at radius 3 is 2.48 bits per heavy atom. The van der Waals surface area contributed by atoms with Crippen LogP contribution in [0.2, 0.25) is 5.02 Å². The first-order valence-corrected chi connectivity index (χ1v) is 8.34. The van der Waals surface area contributed by atoms with Gasteiger partial charge in [0.1, 0.15) is 0 Å². The highest BCUT2D eigenvalue weighted by Crippen LogP contribution is 2.16. The maximum atomic E-state index is 12.3. The highest BCUT2D eigenvalue weighted by Gasteiger charge is 2.14. The molecule has 0 aliphatic heterocycles. The Bertz CT molecular complexity index is 713. The van der Waals surface area contributed by atoms with Gasteiger partial charge in [-0.1, -0.05) is 35.9 Å². The van der Waals surface area contributed by atoms with E-state index in [4.69, 9.17) is 17.3 Å². The first-order valence-electron chi connectivity index (χ1n) is 6.48. The molecule has 21 heavy (non-hydrogen) atoms. The molecule has 1 unspecified atom stereocenters. The minimum atomic E-state index is -3.56. The molecule has 0 saturated carbocycles. The number of hydrogen-bond donors (Lipinski definition) is 2. The molecule has 0 radical (unpaired) electrons. The van der Waals surface area contributed by atoms with Crippen molar-refractivity contribution in [2.75, 3.05) is 0 Å². The lowest BCUT2D eigenvalue weighted by Crippen LogP contribution is -2.23. The van der Waals surface area contributed by atoms with Crippen molar-refractivity contribution in [1.82, 2.24) is 4.72 Å². The first-order chi connectivity index (χ1) is 9.88. The van der Waals surface area contributed by atoms with Crippen LogP contribution < -0.4 is 10.5 Å². The number of nitrogens with two attached hydrogens (primary N) is 1. The van der Waals surface area contributed by atoms with Crippen molar-refractivity contribution < 1.29 is 8.42 Å². The van der Waals surface area contributed by atoms with E-state index < -0.39 is 10.0 Å². The maximum absolute atomic E-state index is 12.3. The minimum Gasteiger partial charge on any atom is -0.324 e. The Balaban J connectivity index is 2.14. The van der Waals surface area contributed by atoms with E-state index in [1.165, 1.54) is 0 Å². The molecule has 3 N–H and O–H groups in total. The molecule has 0 fully saturated rings. The van der Waals surface area contributed by atoms with Gasteiger partial charge in [-0.2, -0.15) is 0 Å². The van der Waals surface area contributed by atoms with Gasteiger partial charge in [0, 0.05) is 17.6 Å². The molecule has 112 valence electrons. The topological polar surface area (TPSA) is 72.2 Å². The lowest BCUT2D eigenvalue weighted by molar-refractivity contribution is 0.581. The summed E-state index contributed by atoms with van der Waals surface area (Å²) in [6.07, 6.45) is 0. The second kappa shape index (κ2) is 6.58. The highest BCUT2D eigenvalue weighted by atomic mass is 35.5. The van der Waals surface area contributed by atoms with Crippen molar-refractivity contribution >= 4 is 21.6 Å². The molecule has 2 rings (SSSR count). The Labute approximate surface area is 130 Å². The van der Waals surface area contributed by atoms with E-state index in [2.05, 4.69) is 4.72 Å². The average molecular weight is 325 g/mol. The average Bonchev–Trinajstić information content (AvgIpc) is 2.47. The van der Waals surface area contributed by atoms with E-state index in [0.717, 1.165) is 11.1 Å². The van der Waals surface area contributed by atoms with Gasteiger partial charge in [0.05, 0.1) is 4.90 Å². The van der Waals surface area contributed by atoms with Crippen LogP contribution in [0.25, 0.3) is 0 Å². The monoisotopic (exact) mass is 324 g/mol. The summed E-state index contributed by atoms with van der Waals surface area (Å²) in [6, 6.07) is 13.4. The number of hydrogen-bond acceptors (Lipinski definition) is 3. The number of nitrogens with one attached hydrogen (secondary N) is 1. The van der Waals surface area contributed by atoms with Crippen LogP contribution in [-0.4, -0.2) is 8.42 Å². The number of halogens is 1. The van der Waals surface area contributed by atoms with Gasteiger partial charge >= 0.3 is 0 Å². The summed E-state index contributed by atoms with van der Waals surface area (Å²) in [4.78, 5) is 0.214. The number of benzene rings is 2. The van der Waals surface area contributed by atoms with E-state index in [9.17, 15) is 8.42 Å². The molecule has 6 heteroatoms. The van der Waals surface area contributed by atoms with Crippen LogP contribution in [0.3, 0.4) is 0 Å². The summed E-state index contributed by atoms with van der Waals surface area (Å²) < 4.78 is 27.1. The van der Waals surface area contributed by atoms with Crippen LogP contribution in [-0.2, 0) is 16.6 Å². The van der Waals surface area contributed by atoms with Crippen LogP contribution in [0.5, 0.6) is 0 Å². The summed E-state index contributed by atoms with van der Waals surface area (Å²) in [6.45, 7) is 2.02. The largest absolute Gasteiger partial charge is 0.324 e. The summed E-state index contributed by atoms with van der Waals surface area (Å²) in [5.74, 6) is 0. The Kier molecular flexibility index (Phi) is 5.00. The third kappa shape index (κ3) is 4.28. The van der Waals surface area contributed by atoms with Crippen molar-refractivity contribution in [2.24, 2.45) is 5.73 Å². The smallest absolute Gasteiger partial charge is 0.240 e. The molecule has 0 spiro atoms. The molecular weight excluding hydrogens is 308 g/mol. The molecule has 0 aromatic heterocycles. The van der Waals surface area contributed by atoms with Crippen molar-refractivity contribution in [3.63, 3.8) is 0 Å². The third-order valence-corrected chi connectivity index (χ3v) is 4.72. The maximum Gasteiger partial charge on any atom is 0.240 e. The van der Waals surface area contributed by atoms with E-state index in [1.54, 1.807) is 42.5 Å². The van der Waals surface area contributed by atoms with Crippen LogP contribution in [0.1, 0.15) is 24.1 Å². The van der Waals surface area contributed by atoms with Gasteiger partial charge in [0.15, 0.2) is 0 Å². The van der Waals surface area contributed by atoms with Crippen molar-refractivity contribution in [3.8, 4) is 0 Å². The molecule has 0 aliphatic rings. The zero-order valence-corrected chi connectivity index (χ0v) is 13.2. The number of rotatable bonds is 5. The van der Waals surface area contributed by atoms with Gasteiger partial charge in [-0.15, -0.1) is 0 Å². The quantitative estimate of drug-likeness (QED) is 0.888. The van der Waals surface area contributed by atoms with Gasteiger partial charge in [-0.3, -0.25) is 0 Å². The second-order valence-corrected chi connectivity index (χ2v) is 7.02. The lowest BCUT2D eigenvalue weighted by atomic mass is 10.1.